The predicted octanol–water partition coefficient (Wildman–Crippen LogP) is 1.87. The minimum Gasteiger partial charge on any atom is -0.494 e. The number of amides is 1. The van der Waals surface area contributed by atoms with Gasteiger partial charge in [0.2, 0.25) is 0 Å². The van der Waals surface area contributed by atoms with Gasteiger partial charge >= 0.3 is 11.1 Å². The lowest BCUT2D eigenvalue weighted by atomic mass is 10.1. The summed E-state index contributed by atoms with van der Waals surface area (Å²) in [7, 11) is 0. The molecule has 7 nitrogen and oxygen atoms in total. The van der Waals surface area contributed by atoms with Crippen molar-refractivity contribution in [2.75, 3.05) is 11.9 Å². The highest BCUT2D eigenvalue weighted by Gasteiger charge is 2.08. The summed E-state index contributed by atoms with van der Waals surface area (Å²) in [6, 6.07) is 11.7. The number of hydrogen-bond acceptors (Lipinski definition) is 4. The summed E-state index contributed by atoms with van der Waals surface area (Å²) in [6.45, 7) is 2.47. The number of aromatic amines is 2. The fourth-order valence-electron chi connectivity index (χ4n) is 2.26. The molecule has 3 aromatic rings. The van der Waals surface area contributed by atoms with Crippen molar-refractivity contribution in [2.24, 2.45) is 0 Å². The number of carbonyl (C=O) groups is 1. The van der Waals surface area contributed by atoms with Gasteiger partial charge in [0.05, 0.1) is 17.6 Å². The highest BCUT2D eigenvalue weighted by Crippen LogP contribution is 2.17. The summed E-state index contributed by atoms with van der Waals surface area (Å²) in [5, 5.41) is 2.76. The zero-order valence-corrected chi connectivity index (χ0v) is 12.9. The number of H-pyrrole nitrogens is 2. The minimum absolute atomic E-state index is 0.326. The molecule has 0 unspecified atom stereocenters. The molecule has 3 rings (SSSR count). The lowest BCUT2D eigenvalue weighted by Gasteiger charge is -2.08. The number of rotatable bonds is 4. The van der Waals surface area contributed by atoms with Gasteiger partial charge in [-0.1, -0.05) is 0 Å². The van der Waals surface area contributed by atoms with Crippen molar-refractivity contribution in [3.05, 3.63) is 68.7 Å². The maximum atomic E-state index is 12.3. The van der Waals surface area contributed by atoms with Crippen LogP contribution in [0.2, 0.25) is 0 Å². The van der Waals surface area contributed by atoms with Crippen LogP contribution in [0.5, 0.6) is 5.75 Å². The van der Waals surface area contributed by atoms with Gasteiger partial charge in [0.1, 0.15) is 5.75 Å². The van der Waals surface area contributed by atoms with Crippen LogP contribution >= 0.6 is 0 Å². The second kappa shape index (κ2) is 6.41. The van der Waals surface area contributed by atoms with Gasteiger partial charge in [0.25, 0.3) is 5.91 Å². The first-order valence-electron chi connectivity index (χ1n) is 7.37. The van der Waals surface area contributed by atoms with E-state index in [0.29, 0.717) is 28.9 Å². The summed E-state index contributed by atoms with van der Waals surface area (Å²) in [6.07, 6.45) is 0. The first kappa shape index (κ1) is 15.5. The molecule has 2 aromatic carbocycles. The van der Waals surface area contributed by atoms with Gasteiger partial charge in [-0.2, -0.15) is 0 Å². The Kier molecular flexibility index (Phi) is 4.15. The molecule has 0 aliphatic carbocycles. The molecule has 122 valence electrons. The van der Waals surface area contributed by atoms with Gasteiger partial charge < -0.3 is 20.0 Å². The Hall–Kier alpha value is -3.35. The molecule has 1 amide bonds. The van der Waals surface area contributed by atoms with E-state index in [1.807, 2.05) is 6.92 Å². The quantitative estimate of drug-likeness (QED) is 0.637. The summed E-state index contributed by atoms with van der Waals surface area (Å²) >= 11 is 0. The zero-order chi connectivity index (χ0) is 17.1. The van der Waals surface area contributed by atoms with Crippen molar-refractivity contribution >= 4 is 22.6 Å². The van der Waals surface area contributed by atoms with E-state index in [1.165, 1.54) is 6.07 Å². The van der Waals surface area contributed by atoms with E-state index in [1.54, 1.807) is 36.4 Å². The van der Waals surface area contributed by atoms with Crippen LogP contribution in [0.1, 0.15) is 17.3 Å². The van der Waals surface area contributed by atoms with Crippen molar-refractivity contribution in [1.82, 2.24) is 9.97 Å². The van der Waals surface area contributed by atoms with Gasteiger partial charge in [0.15, 0.2) is 0 Å². The second-order valence-corrected chi connectivity index (χ2v) is 5.08. The minimum atomic E-state index is -0.758. The smallest absolute Gasteiger partial charge is 0.314 e. The molecule has 24 heavy (non-hydrogen) atoms. The monoisotopic (exact) mass is 325 g/mol. The topological polar surface area (TPSA) is 104 Å². The van der Waals surface area contributed by atoms with E-state index in [-0.39, 0.29) is 5.91 Å². The van der Waals surface area contributed by atoms with Crippen LogP contribution in [0.15, 0.2) is 52.1 Å². The third-order valence-corrected chi connectivity index (χ3v) is 3.41. The molecule has 7 heteroatoms. The second-order valence-electron chi connectivity index (χ2n) is 5.08. The van der Waals surface area contributed by atoms with Gasteiger partial charge in [-0.25, -0.2) is 0 Å². The van der Waals surface area contributed by atoms with Crippen molar-refractivity contribution in [1.29, 1.82) is 0 Å². The molecule has 3 N–H and O–H groups in total. The third-order valence-electron chi connectivity index (χ3n) is 3.41. The molecular formula is C17H15N3O4. The Morgan fingerprint density at radius 2 is 1.67 bits per heavy atom. The maximum Gasteiger partial charge on any atom is 0.314 e. The standard InChI is InChI=1S/C17H15N3O4/c1-2-24-12-6-4-11(5-7-12)18-15(21)10-3-8-13-14(9-10)20-17(23)16(22)19-13/h3-9H,2H2,1H3,(H,18,21)(H,19,22)(H,20,23). The number of carbonyl (C=O) groups excluding carboxylic acids is 1. The lowest BCUT2D eigenvalue weighted by molar-refractivity contribution is 0.102. The first-order chi connectivity index (χ1) is 11.6. The van der Waals surface area contributed by atoms with Gasteiger partial charge in [-0.05, 0) is 49.4 Å². The van der Waals surface area contributed by atoms with E-state index < -0.39 is 11.1 Å². The number of hydrogen-bond donors (Lipinski definition) is 3. The fraction of sp³-hybridized carbons (Fsp3) is 0.118. The van der Waals surface area contributed by atoms with Crippen molar-refractivity contribution in [3.63, 3.8) is 0 Å². The Labute approximate surface area is 136 Å². The van der Waals surface area contributed by atoms with E-state index in [0.717, 1.165) is 5.75 Å². The Balaban J connectivity index is 1.84. The molecular weight excluding hydrogens is 310 g/mol. The average Bonchev–Trinajstić information content (AvgIpc) is 2.57. The normalized spacial score (nSPS) is 10.5. The van der Waals surface area contributed by atoms with Crippen molar-refractivity contribution < 1.29 is 9.53 Å². The SMILES string of the molecule is CCOc1ccc(NC(=O)c2ccc3[nH]c(=O)c(=O)[nH]c3c2)cc1. The van der Waals surface area contributed by atoms with Crippen LogP contribution in [-0.4, -0.2) is 22.5 Å². The Bertz CT molecular complexity index is 1000. The largest absolute Gasteiger partial charge is 0.494 e. The van der Waals surface area contributed by atoms with Crippen molar-refractivity contribution in [3.8, 4) is 5.75 Å². The summed E-state index contributed by atoms with van der Waals surface area (Å²) in [5.41, 5.74) is 0.342. The number of anilines is 1. The zero-order valence-electron chi connectivity index (χ0n) is 12.9. The summed E-state index contributed by atoms with van der Waals surface area (Å²) in [4.78, 5) is 39.9. The number of fused-ring (bicyclic) bond motifs is 1. The van der Waals surface area contributed by atoms with Crippen LogP contribution < -0.4 is 21.2 Å². The number of aromatic nitrogens is 2. The van der Waals surface area contributed by atoms with E-state index in [2.05, 4.69) is 15.3 Å². The molecule has 0 spiro atoms. The number of ether oxygens (including phenoxy) is 1. The molecule has 0 saturated heterocycles. The predicted molar refractivity (Wildman–Crippen MR) is 90.8 cm³/mol. The molecule has 0 aliphatic heterocycles. The molecule has 0 aliphatic rings. The van der Waals surface area contributed by atoms with E-state index in [9.17, 15) is 14.4 Å². The molecule has 0 radical (unpaired) electrons. The van der Waals surface area contributed by atoms with E-state index >= 15 is 0 Å². The molecule has 1 heterocycles. The fourth-order valence-corrected chi connectivity index (χ4v) is 2.26. The molecule has 0 fully saturated rings. The lowest BCUT2D eigenvalue weighted by Crippen LogP contribution is -2.29. The van der Waals surface area contributed by atoms with Crippen LogP contribution in [-0.2, 0) is 0 Å². The van der Waals surface area contributed by atoms with Gasteiger partial charge in [-0.3, -0.25) is 14.4 Å². The van der Waals surface area contributed by atoms with Crippen molar-refractivity contribution in [2.45, 2.75) is 6.92 Å². The molecule has 0 bridgehead atoms. The Morgan fingerprint density at radius 1 is 1.00 bits per heavy atom. The van der Waals surface area contributed by atoms with Gasteiger partial charge in [-0.15, -0.1) is 0 Å². The number of benzene rings is 2. The highest BCUT2D eigenvalue weighted by atomic mass is 16.5. The van der Waals surface area contributed by atoms with Crippen LogP contribution in [0.3, 0.4) is 0 Å². The maximum absolute atomic E-state index is 12.3. The molecule has 0 atom stereocenters. The van der Waals surface area contributed by atoms with Crippen LogP contribution in [0.25, 0.3) is 11.0 Å². The Morgan fingerprint density at radius 3 is 2.33 bits per heavy atom. The van der Waals surface area contributed by atoms with Crippen LogP contribution in [0, 0.1) is 0 Å². The van der Waals surface area contributed by atoms with E-state index in [4.69, 9.17) is 4.74 Å². The average molecular weight is 325 g/mol. The highest BCUT2D eigenvalue weighted by molar-refractivity contribution is 6.05. The number of nitrogens with one attached hydrogen (secondary N) is 3. The molecule has 1 aromatic heterocycles. The third kappa shape index (κ3) is 3.19. The van der Waals surface area contributed by atoms with Crippen LogP contribution in [0.4, 0.5) is 5.69 Å². The first-order valence-corrected chi connectivity index (χ1v) is 7.37. The van der Waals surface area contributed by atoms with Gasteiger partial charge in [0, 0.05) is 11.3 Å². The summed E-state index contributed by atoms with van der Waals surface area (Å²) < 4.78 is 5.34. The summed E-state index contributed by atoms with van der Waals surface area (Å²) in [5.74, 6) is 0.399. The molecule has 0 saturated carbocycles.